The van der Waals surface area contributed by atoms with Crippen molar-refractivity contribution in [1.82, 2.24) is 4.98 Å². The van der Waals surface area contributed by atoms with Crippen molar-refractivity contribution in [1.29, 1.82) is 5.26 Å². The van der Waals surface area contributed by atoms with Crippen molar-refractivity contribution in [2.75, 3.05) is 12.4 Å². The van der Waals surface area contributed by atoms with E-state index in [9.17, 15) is 5.26 Å². The van der Waals surface area contributed by atoms with Crippen molar-refractivity contribution in [3.8, 4) is 11.8 Å². The molecule has 0 amide bonds. The Hall–Kier alpha value is -2.77. The molecule has 3 rings (SSSR count). The van der Waals surface area contributed by atoms with Crippen LogP contribution < -0.4 is 10.1 Å². The summed E-state index contributed by atoms with van der Waals surface area (Å²) >= 11 is 6.19. The van der Waals surface area contributed by atoms with Crippen molar-refractivity contribution >= 4 is 28.2 Å². The zero-order chi connectivity index (χ0) is 16.2. The fourth-order valence-electron chi connectivity index (χ4n) is 2.40. The van der Waals surface area contributed by atoms with Crippen LogP contribution in [0, 0.1) is 11.3 Å². The topological polar surface area (TPSA) is 57.9 Å². The first-order chi connectivity index (χ1) is 11.2. The molecule has 0 atom stereocenters. The summed E-state index contributed by atoms with van der Waals surface area (Å²) in [6.07, 6.45) is 1.57. The number of hydrogen-bond donors (Lipinski definition) is 1. The van der Waals surface area contributed by atoms with Gasteiger partial charge in [-0.3, -0.25) is 4.98 Å². The molecule has 0 saturated heterocycles. The smallest absolute Gasteiger partial charge is 0.121 e. The molecule has 0 radical (unpaired) electrons. The van der Waals surface area contributed by atoms with Gasteiger partial charge >= 0.3 is 0 Å². The minimum atomic E-state index is 0.495. The number of nitriles is 1. The van der Waals surface area contributed by atoms with Gasteiger partial charge in [-0.2, -0.15) is 5.26 Å². The molecule has 0 aliphatic carbocycles. The van der Waals surface area contributed by atoms with Crippen molar-refractivity contribution in [2.24, 2.45) is 0 Å². The summed E-state index contributed by atoms with van der Waals surface area (Å²) < 4.78 is 5.22. The van der Waals surface area contributed by atoms with Gasteiger partial charge in [-0.15, -0.1) is 0 Å². The Morgan fingerprint density at radius 2 is 2.09 bits per heavy atom. The Labute approximate surface area is 139 Å². The van der Waals surface area contributed by atoms with E-state index in [1.165, 1.54) is 0 Å². The normalized spacial score (nSPS) is 10.3. The van der Waals surface area contributed by atoms with Gasteiger partial charge in [0.15, 0.2) is 0 Å². The Morgan fingerprint density at radius 1 is 1.26 bits per heavy atom. The molecule has 1 N–H and O–H groups in total. The summed E-state index contributed by atoms with van der Waals surface area (Å²) in [6.45, 7) is 0.527. The highest BCUT2D eigenvalue weighted by molar-refractivity contribution is 6.31. The summed E-state index contributed by atoms with van der Waals surface area (Å²) in [5, 5.41) is 14.2. The first kappa shape index (κ1) is 15.1. The van der Waals surface area contributed by atoms with Gasteiger partial charge in [-0.25, -0.2) is 0 Å². The monoisotopic (exact) mass is 323 g/mol. The molecule has 114 valence electrons. The predicted molar refractivity (Wildman–Crippen MR) is 91.8 cm³/mol. The maximum atomic E-state index is 9.35. The quantitative estimate of drug-likeness (QED) is 0.774. The summed E-state index contributed by atoms with van der Waals surface area (Å²) in [5.74, 6) is 0.728. The van der Waals surface area contributed by atoms with Gasteiger partial charge in [0.25, 0.3) is 0 Å². The van der Waals surface area contributed by atoms with Crippen molar-refractivity contribution in [2.45, 2.75) is 6.54 Å². The fraction of sp³-hybridized carbons (Fsp3) is 0.111. The molecule has 0 fully saturated rings. The molecule has 5 heteroatoms. The van der Waals surface area contributed by atoms with Crippen molar-refractivity contribution in [3.63, 3.8) is 0 Å². The number of pyridine rings is 1. The van der Waals surface area contributed by atoms with Crippen LogP contribution in [-0.4, -0.2) is 12.1 Å². The molecule has 4 nitrogen and oxygen atoms in total. The Kier molecular flexibility index (Phi) is 4.31. The predicted octanol–water partition coefficient (Wildman–Crippen LogP) is 4.38. The highest BCUT2D eigenvalue weighted by Gasteiger charge is 2.10. The molecule has 2 aromatic carbocycles. The first-order valence-corrected chi connectivity index (χ1v) is 7.45. The van der Waals surface area contributed by atoms with Crippen LogP contribution in [0.15, 0.2) is 48.7 Å². The Balaban J connectivity index is 2.01. The second kappa shape index (κ2) is 6.55. The summed E-state index contributed by atoms with van der Waals surface area (Å²) in [5.41, 5.74) is 2.98. The van der Waals surface area contributed by atoms with E-state index in [0.29, 0.717) is 17.1 Å². The molecule has 0 aliphatic heterocycles. The lowest BCUT2D eigenvalue weighted by atomic mass is 10.1. The van der Waals surface area contributed by atoms with Crippen LogP contribution in [-0.2, 0) is 6.54 Å². The van der Waals surface area contributed by atoms with E-state index in [1.54, 1.807) is 13.3 Å². The van der Waals surface area contributed by atoms with E-state index in [-0.39, 0.29) is 0 Å². The Morgan fingerprint density at radius 3 is 2.83 bits per heavy atom. The van der Waals surface area contributed by atoms with Crippen LogP contribution in [0.1, 0.15) is 11.1 Å². The number of rotatable bonds is 4. The molecule has 0 bridgehead atoms. The standard InChI is InChI=1S/C18H14ClN3O/c1-23-14-6-7-15-17(8-14)21-11-13(9-20)18(15)22-10-12-4-2-3-5-16(12)19/h2-8,11H,10H2,1H3,(H,21,22). The molecule has 0 unspecified atom stereocenters. The zero-order valence-corrected chi connectivity index (χ0v) is 13.3. The van der Waals surface area contributed by atoms with Crippen molar-refractivity contribution in [3.05, 3.63) is 64.8 Å². The number of fused-ring (bicyclic) bond motifs is 1. The number of methoxy groups -OCH3 is 1. The SMILES string of the molecule is COc1ccc2c(NCc3ccccc3Cl)c(C#N)cnc2c1. The van der Waals surface area contributed by atoms with Gasteiger partial charge in [0.1, 0.15) is 11.8 Å². The van der Waals surface area contributed by atoms with E-state index in [4.69, 9.17) is 16.3 Å². The number of anilines is 1. The number of ether oxygens (including phenoxy) is 1. The number of benzene rings is 2. The van der Waals surface area contributed by atoms with Gasteiger partial charge < -0.3 is 10.1 Å². The van der Waals surface area contributed by atoms with Gasteiger partial charge in [-0.1, -0.05) is 29.8 Å². The van der Waals surface area contributed by atoms with Gasteiger partial charge in [-0.05, 0) is 23.8 Å². The molecular weight excluding hydrogens is 310 g/mol. The highest BCUT2D eigenvalue weighted by Crippen LogP contribution is 2.29. The summed E-state index contributed by atoms with van der Waals surface area (Å²) in [6, 6.07) is 15.4. The zero-order valence-electron chi connectivity index (χ0n) is 12.5. The van der Waals surface area contributed by atoms with Crippen LogP contribution in [0.2, 0.25) is 5.02 Å². The highest BCUT2D eigenvalue weighted by atomic mass is 35.5. The van der Waals surface area contributed by atoms with Gasteiger partial charge in [0.2, 0.25) is 0 Å². The lowest BCUT2D eigenvalue weighted by Crippen LogP contribution is -2.03. The van der Waals surface area contributed by atoms with Crippen LogP contribution in [0.25, 0.3) is 10.9 Å². The third-order valence-electron chi connectivity index (χ3n) is 3.61. The molecule has 1 aromatic heterocycles. The number of hydrogen-bond acceptors (Lipinski definition) is 4. The molecule has 23 heavy (non-hydrogen) atoms. The lowest BCUT2D eigenvalue weighted by Gasteiger charge is -2.13. The van der Waals surface area contributed by atoms with Crippen LogP contribution in [0.5, 0.6) is 5.75 Å². The van der Waals surface area contributed by atoms with E-state index in [0.717, 1.165) is 27.9 Å². The second-order valence-corrected chi connectivity index (χ2v) is 5.39. The number of nitrogens with one attached hydrogen (secondary N) is 1. The Bertz CT molecular complexity index is 902. The number of aromatic nitrogens is 1. The minimum Gasteiger partial charge on any atom is -0.497 e. The number of nitrogens with zero attached hydrogens (tertiary/aromatic N) is 2. The molecular formula is C18H14ClN3O. The number of halogens is 1. The van der Waals surface area contributed by atoms with Crippen LogP contribution in [0.3, 0.4) is 0 Å². The molecule has 0 aliphatic rings. The largest absolute Gasteiger partial charge is 0.497 e. The van der Waals surface area contributed by atoms with E-state index >= 15 is 0 Å². The maximum Gasteiger partial charge on any atom is 0.121 e. The van der Waals surface area contributed by atoms with Gasteiger partial charge in [0.05, 0.1) is 23.9 Å². The van der Waals surface area contributed by atoms with Crippen molar-refractivity contribution < 1.29 is 4.74 Å². The maximum absolute atomic E-state index is 9.35. The molecule has 3 aromatic rings. The van der Waals surface area contributed by atoms with Crippen LogP contribution >= 0.6 is 11.6 Å². The third kappa shape index (κ3) is 3.05. The second-order valence-electron chi connectivity index (χ2n) is 4.99. The molecule has 1 heterocycles. The molecule has 0 saturated carbocycles. The van der Waals surface area contributed by atoms with Gasteiger partial charge in [0, 0.05) is 29.2 Å². The van der Waals surface area contributed by atoms with E-state index in [2.05, 4.69) is 16.4 Å². The van der Waals surface area contributed by atoms with E-state index < -0.39 is 0 Å². The van der Waals surface area contributed by atoms with E-state index in [1.807, 2.05) is 42.5 Å². The lowest BCUT2D eigenvalue weighted by molar-refractivity contribution is 0.415. The average Bonchev–Trinajstić information content (AvgIpc) is 2.60. The third-order valence-corrected chi connectivity index (χ3v) is 3.98. The molecule has 0 spiro atoms. The van der Waals surface area contributed by atoms with Crippen LogP contribution in [0.4, 0.5) is 5.69 Å². The fourth-order valence-corrected chi connectivity index (χ4v) is 2.60. The minimum absolute atomic E-state index is 0.495. The summed E-state index contributed by atoms with van der Waals surface area (Å²) in [4.78, 5) is 4.33. The average molecular weight is 324 g/mol. The first-order valence-electron chi connectivity index (χ1n) is 7.07. The summed E-state index contributed by atoms with van der Waals surface area (Å²) in [7, 11) is 1.61.